The summed E-state index contributed by atoms with van der Waals surface area (Å²) in [4.78, 5) is 42.2. The lowest BCUT2D eigenvalue weighted by molar-refractivity contribution is -0.385. The fourth-order valence-electron chi connectivity index (χ4n) is 3.45. The number of benzene rings is 1. The zero-order valence-corrected chi connectivity index (χ0v) is 13.7. The van der Waals surface area contributed by atoms with Gasteiger partial charge < -0.3 is 4.98 Å². The highest BCUT2D eigenvalue weighted by Gasteiger charge is 2.26. The molecule has 0 bridgehead atoms. The maximum Gasteiger partial charge on any atom is 0.335 e. The van der Waals surface area contributed by atoms with Gasteiger partial charge in [0.15, 0.2) is 0 Å². The third-order valence-electron chi connectivity index (χ3n) is 4.56. The SMILES string of the molecule is O=c1[nH]c2cc([N+](=O)[O-])c3c(c2n(Nc2ccccn2)c1=O)CCCC3. The number of nitro benzene ring substituents is 1. The van der Waals surface area contributed by atoms with Gasteiger partial charge in [-0.2, -0.15) is 0 Å². The number of nitro groups is 1. The minimum Gasteiger partial charge on any atom is -0.316 e. The number of hydrogen-bond donors (Lipinski definition) is 2. The number of aromatic amines is 1. The minimum atomic E-state index is -0.856. The van der Waals surface area contributed by atoms with Gasteiger partial charge in [0, 0.05) is 17.8 Å². The Bertz CT molecular complexity index is 1130. The van der Waals surface area contributed by atoms with E-state index < -0.39 is 16.0 Å². The van der Waals surface area contributed by atoms with Crippen LogP contribution >= 0.6 is 0 Å². The molecule has 0 atom stereocenters. The Labute approximate surface area is 146 Å². The van der Waals surface area contributed by atoms with Crippen molar-refractivity contribution in [2.75, 3.05) is 5.43 Å². The first kappa shape index (κ1) is 16.0. The second kappa shape index (κ2) is 6.10. The molecule has 9 heteroatoms. The molecule has 0 radical (unpaired) electrons. The van der Waals surface area contributed by atoms with E-state index in [0.717, 1.165) is 23.1 Å². The normalized spacial score (nSPS) is 13.4. The van der Waals surface area contributed by atoms with E-state index in [1.54, 1.807) is 24.4 Å². The van der Waals surface area contributed by atoms with Crippen LogP contribution in [0.3, 0.4) is 0 Å². The lowest BCUT2D eigenvalue weighted by Crippen LogP contribution is -2.40. The fraction of sp³-hybridized carbons (Fsp3) is 0.235. The Morgan fingerprint density at radius 3 is 2.65 bits per heavy atom. The van der Waals surface area contributed by atoms with E-state index in [1.807, 2.05) is 0 Å². The van der Waals surface area contributed by atoms with Gasteiger partial charge in [-0.3, -0.25) is 25.1 Å². The molecule has 4 rings (SSSR count). The highest BCUT2D eigenvalue weighted by Crippen LogP contribution is 2.34. The molecule has 0 saturated carbocycles. The maximum absolute atomic E-state index is 12.5. The summed E-state index contributed by atoms with van der Waals surface area (Å²) < 4.78 is 1.14. The van der Waals surface area contributed by atoms with Crippen LogP contribution in [0, 0.1) is 10.1 Å². The van der Waals surface area contributed by atoms with E-state index in [4.69, 9.17) is 0 Å². The molecule has 2 heterocycles. The average molecular weight is 353 g/mol. The largest absolute Gasteiger partial charge is 0.335 e. The second-order valence-corrected chi connectivity index (χ2v) is 6.13. The zero-order chi connectivity index (χ0) is 18.3. The fourth-order valence-corrected chi connectivity index (χ4v) is 3.45. The summed E-state index contributed by atoms with van der Waals surface area (Å²) >= 11 is 0. The van der Waals surface area contributed by atoms with Crippen molar-refractivity contribution >= 4 is 22.5 Å². The molecule has 0 fully saturated rings. The van der Waals surface area contributed by atoms with Crippen molar-refractivity contribution in [2.45, 2.75) is 25.7 Å². The number of hydrogen-bond acceptors (Lipinski definition) is 6. The molecule has 3 aromatic rings. The summed E-state index contributed by atoms with van der Waals surface area (Å²) in [5.74, 6) is 0.393. The second-order valence-electron chi connectivity index (χ2n) is 6.13. The predicted octanol–water partition coefficient (Wildman–Crippen LogP) is 1.75. The summed E-state index contributed by atoms with van der Waals surface area (Å²) in [5, 5.41) is 11.5. The van der Waals surface area contributed by atoms with Gasteiger partial charge in [0.05, 0.1) is 16.0 Å². The van der Waals surface area contributed by atoms with Crippen molar-refractivity contribution in [3.8, 4) is 0 Å². The summed E-state index contributed by atoms with van der Waals surface area (Å²) in [6.45, 7) is 0. The predicted molar refractivity (Wildman–Crippen MR) is 95.4 cm³/mol. The topological polar surface area (TPSA) is 123 Å². The Hall–Kier alpha value is -3.49. The molecule has 9 nitrogen and oxygen atoms in total. The molecule has 0 unspecified atom stereocenters. The van der Waals surface area contributed by atoms with Crippen molar-refractivity contribution in [3.05, 3.63) is 72.4 Å². The van der Waals surface area contributed by atoms with Gasteiger partial charge >= 0.3 is 11.1 Å². The molecular weight excluding hydrogens is 338 g/mol. The highest BCUT2D eigenvalue weighted by molar-refractivity contribution is 5.84. The van der Waals surface area contributed by atoms with Crippen LogP contribution in [0.25, 0.3) is 11.0 Å². The summed E-state index contributed by atoms with van der Waals surface area (Å²) in [5.41, 5.74) is 3.25. The van der Waals surface area contributed by atoms with Crippen molar-refractivity contribution in [1.82, 2.24) is 14.6 Å². The third-order valence-corrected chi connectivity index (χ3v) is 4.56. The zero-order valence-electron chi connectivity index (χ0n) is 13.7. The number of rotatable bonds is 3. The van der Waals surface area contributed by atoms with Crippen LogP contribution in [0.5, 0.6) is 0 Å². The Morgan fingerprint density at radius 1 is 1.19 bits per heavy atom. The highest BCUT2D eigenvalue weighted by atomic mass is 16.6. The van der Waals surface area contributed by atoms with E-state index in [9.17, 15) is 19.7 Å². The van der Waals surface area contributed by atoms with Crippen LogP contribution in [-0.2, 0) is 12.8 Å². The third kappa shape index (κ3) is 2.53. The van der Waals surface area contributed by atoms with Gasteiger partial charge in [0.25, 0.3) is 5.69 Å². The van der Waals surface area contributed by atoms with Crippen molar-refractivity contribution in [2.24, 2.45) is 0 Å². The van der Waals surface area contributed by atoms with Crippen molar-refractivity contribution in [1.29, 1.82) is 0 Å². The Kier molecular flexibility index (Phi) is 3.76. The van der Waals surface area contributed by atoms with Crippen LogP contribution in [0.15, 0.2) is 40.1 Å². The number of H-pyrrole nitrogens is 1. The van der Waals surface area contributed by atoms with Gasteiger partial charge in [0.1, 0.15) is 5.82 Å². The van der Waals surface area contributed by atoms with Crippen LogP contribution in [0.1, 0.15) is 24.0 Å². The van der Waals surface area contributed by atoms with E-state index in [2.05, 4.69) is 15.4 Å². The maximum atomic E-state index is 12.5. The van der Waals surface area contributed by atoms with Crippen LogP contribution in [0.2, 0.25) is 0 Å². The first-order valence-corrected chi connectivity index (χ1v) is 8.22. The number of pyridine rings is 1. The molecule has 0 saturated heterocycles. The quantitative estimate of drug-likeness (QED) is 0.420. The van der Waals surface area contributed by atoms with Gasteiger partial charge in [-0.15, -0.1) is 0 Å². The number of nitrogens with zero attached hydrogens (tertiary/aromatic N) is 3. The smallest absolute Gasteiger partial charge is 0.316 e. The summed E-state index contributed by atoms with van der Waals surface area (Å²) in [6, 6.07) is 6.47. The lowest BCUT2D eigenvalue weighted by atomic mass is 9.89. The molecule has 2 N–H and O–H groups in total. The van der Waals surface area contributed by atoms with Gasteiger partial charge in [0.2, 0.25) is 0 Å². The molecule has 1 aliphatic carbocycles. The average Bonchev–Trinajstić information content (AvgIpc) is 2.65. The van der Waals surface area contributed by atoms with Gasteiger partial charge in [-0.05, 0) is 43.4 Å². The Morgan fingerprint density at radius 2 is 1.96 bits per heavy atom. The Balaban J connectivity index is 2.07. The standard InChI is InChI=1S/C17H15N5O4/c23-16-17(24)21(20-14-7-3-4-8-18-14)15-11-6-2-1-5-10(11)13(22(25)26)9-12(15)19-16/h3-4,7-9H,1-2,5-6H2,(H,18,20)(H,19,23). The number of fused-ring (bicyclic) bond motifs is 3. The molecule has 1 aliphatic rings. The summed E-state index contributed by atoms with van der Waals surface area (Å²) in [7, 11) is 0. The molecular formula is C17H15N5O4. The minimum absolute atomic E-state index is 0.0223. The van der Waals surface area contributed by atoms with E-state index >= 15 is 0 Å². The number of aromatic nitrogens is 3. The monoisotopic (exact) mass is 353 g/mol. The van der Waals surface area contributed by atoms with E-state index in [-0.39, 0.29) is 11.2 Å². The van der Waals surface area contributed by atoms with E-state index in [0.29, 0.717) is 29.7 Å². The van der Waals surface area contributed by atoms with Crippen LogP contribution in [-0.4, -0.2) is 19.6 Å². The molecule has 1 aromatic carbocycles. The number of nitrogens with one attached hydrogen (secondary N) is 2. The van der Waals surface area contributed by atoms with Crippen LogP contribution < -0.4 is 16.5 Å². The van der Waals surface area contributed by atoms with Crippen molar-refractivity contribution in [3.63, 3.8) is 0 Å². The number of anilines is 1. The molecule has 0 aliphatic heterocycles. The molecule has 132 valence electrons. The van der Waals surface area contributed by atoms with Gasteiger partial charge in [-0.1, -0.05) is 6.07 Å². The molecule has 0 amide bonds. The molecule has 2 aromatic heterocycles. The van der Waals surface area contributed by atoms with E-state index in [1.165, 1.54) is 6.07 Å². The van der Waals surface area contributed by atoms with Crippen molar-refractivity contribution < 1.29 is 4.92 Å². The molecule has 0 spiro atoms. The first-order valence-electron chi connectivity index (χ1n) is 8.22. The first-order chi connectivity index (χ1) is 12.6. The summed E-state index contributed by atoms with van der Waals surface area (Å²) in [6.07, 6.45) is 4.44. The van der Waals surface area contributed by atoms with Crippen LogP contribution in [0.4, 0.5) is 11.5 Å². The lowest BCUT2D eigenvalue weighted by Gasteiger charge is -2.20. The number of aryl methyl sites for hydroxylation is 1. The van der Waals surface area contributed by atoms with Gasteiger partial charge in [-0.25, -0.2) is 9.66 Å². The molecule has 26 heavy (non-hydrogen) atoms.